The minimum absolute atomic E-state index is 0.307. The molecule has 0 saturated carbocycles. The Morgan fingerprint density at radius 2 is 1.60 bits per heavy atom. The molecule has 0 aliphatic heterocycles. The van der Waals surface area contributed by atoms with Crippen LogP contribution >= 0.6 is 0 Å². The third-order valence-corrected chi connectivity index (χ3v) is 4.76. The van der Waals surface area contributed by atoms with Crippen LogP contribution in [-0.2, 0) is 0 Å². The van der Waals surface area contributed by atoms with E-state index in [-0.39, 0.29) is 0 Å². The van der Waals surface area contributed by atoms with Gasteiger partial charge in [-0.3, -0.25) is 0 Å². The summed E-state index contributed by atoms with van der Waals surface area (Å²) in [6.07, 6.45) is 0. The number of rotatable bonds is 2. The molecule has 3 heteroatoms. The maximum atomic E-state index is 6.22. The van der Waals surface area contributed by atoms with Crippen molar-refractivity contribution in [1.29, 1.82) is 0 Å². The first-order valence-corrected chi connectivity index (χ1v) is 8.61. The van der Waals surface area contributed by atoms with Crippen molar-refractivity contribution >= 4 is 33.0 Å². The molecule has 2 heterocycles. The normalized spacial score (nSPS) is 12.0. The monoisotopic (exact) mass is 326 g/mol. The van der Waals surface area contributed by atoms with Crippen molar-refractivity contribution in [3.05, 3.63) is 66.7 Å². The predicted molar refractivity (Wildman–Crippen MR) is 103 cm³/mol. The van der Waals surface area contributed by atoms with Crippen LogP contribution in [0, 0.1) is 0 Å². The number of furan rings is 1. The van der Waals surface area contributed by atoms with Gasteiger partial charge >= 0.3 is 0 Å². The Morgan fingerprint density at radius 3 is 2.48 bits per heavy atom. The zero-order valence-corrected chi connectivity index (χ0v) is 14.2. The van der Waals surface area contributed by atoms with Gasteiger partial charge in [0.2, 0.25) is 0 Å². The molecule has 0 saturated heterocycles. The molecule has 0 radical (unpaired) electrons. The molecule has 0 spiro atoms. The summed E-state index contributed by atoms with van der Waals surface area (Å²) in [5.41, 5.74) is 5.02. The molecule has 5 rings (SSSR count). The fraction of sp³-hybridized carbons (Fsp3) is 0.136. The van der Waals surface area contributed by atoms with Crippen LogP contribution in [0.2, 0.25) is 0 Å². The molecule has 0 N–H and O–H groups in total. The second-order valence-electron chi connectivity index (χ2n) is 6.67. The van der Waals surface area contributed by atoms with Crippen molar-refractivity contribution in [2.45, 2.75) is 19.9 Å². The average molecular weight is 326 g/mol. The Labute approximate surface area is 145 Å². The maximum Gasteiger partial charge on any atom is 0.146 e. The van der Waals surface area contributed by atoms with Crippen molar-refractivity contribution in [3.63, 3.8) is 0 Å². The molecule has 122 valence electrons. The van der Waals surface area contributed by atoms with Crippen LogP contribution in [0.4, 0.5) is 0 Å². The minimum Gasteiger partial charge on any atom is -0.455 e. The van der Waals surface area contributed by atoms with Gasteiger partial charge in [0, 0.05) is 16.8 Å². The number of hydrogen-bond acceptors (Lipinski definition) is 2. The van der Waals surface area contributed by atoms with E-state index in [4.69, 9.17) is 9.40 Å². The molecule has 5 aromatic rings. The van der Waals surface area contributed by atoms with Gasteiger partial charge in [-0.25, -0.2) is 4.98 Å². The molecule has 0 atom stereocenters. The molecule has 0 bridgehead atoms. The van der Waals surface area contributed by atoms with Gasteiger partial charge in [-0.05, 0) is 38.1 Å². The Morgan fingerprint density at radius 1 is 0.840 bits per heavy atom. The van der Waals surface area contributed by atoms with Crippen LogP contribution in [0.1, 0.15) is 19.9 Å². The highest BCUT2D eigenvalue weighted by molar-refractivity contribution is 6.09. The molecule has 3 nitrogen and oxygen atoms in total. The number of nitrogens with zero attached hydrogens (tertiary/aromatic N) is 2. The fourth-order valence-corrected chi connectivity index (χ4v) is 3.68. The smallest absolute Gasteiger partial charge is 0.146 e. The second-order valence-corrected chi connectivity index (χ2v) is 6.67. The van der Waals surface area contributed by atoms with Gasteiger partial charge in [0.1, 0.15) is 17.0 Å². The van der Waals surface area contributed by atoms with Crippen LogP contribution in [0.25, 0.3) is 44.4 Å². The maximum absolute atomic E-state index is 6.22. The SMILES string of the molecule is CC(C)n1c(-c2cccc3c2oc2ccccc23)nc2ccccc21. The summed E-state index contributed by atoms with van der Waals surface area (Å²) in [5.74, 6) is 0.959. The predicted octanol–water partition coefficient (Wildman–Crippen LogP) is 6.18. The lowest BCUT2D eigenvalue weighted by Crippen LogP contribution is -2.03. The Bertz CT molecular complexity index is 1230. The van der Waals surface area contributed by atoms with E-state index in [0.29, 0.717) is 6.04 Å². The first-order chi connectivity index (χ1) is 12.2. The number of benzene rings is 3. The number of hydrogen-bond donors (Lipinski definition) is 0. The van der Waals surface area contributed by atoms with Crippen LogP contribution in [-0.4, -0.2) is 9.55 Å². The first kappa shape index (κ1) is 14.3. The second kappa shape index (κ2) is 5.21. The van der Waals surface area contributed by atoms with Gasteiger partial charge in [0.15, 0.2) is 0 Å². The number of para-hydroxylation sites is 4. The van der Waals surface area contributed by atoms with Gasteiger partial charge in [0.25, 0.3) is 0 Å². The van der Waals surface area contributed by atoms with Gasteiger partial charge < -0.3 is 8.98 Å². The summed E-state index contributed by atoms with van der Waals surface area (Å²) in [6, 6.07) is 23.1. The van der Waals surface area contributed by atoms with Crippen LogP contribution in [0.15, 0.2) is 71.1 Å². The molecular formula is C22H18N2O. The van der Waals surface area contributed by atoms with Crippen molar-refractivity contribution in [2.75, 3.05) is 0 Å². The van der Waals surface area contributed by atoms with E-state index in [2.05, 4.69) is 60.9 Å². The number of aromatic nitrogens is 2. The lowest BCUT2D eigenvalue weighted by molar-refractivity contribution is 0.622. The lowest BCUT2D eigenvalue weighted by Gasteiger charge is -2.13. The summed E-state index contributed by atoms with van der Waals surface area (Å²) >= 11 is 0. The average Bonchev–Trinajstić information content (AvgIpc) is 3.20. The number of imidazole rings is 1. The van der Waals surface area contributed by atoms with E-state index in [0.717, 1.165) is 44.4 Å². The summed E-state index contributed by atoms with van der Waals surface area (Å²) in [5, 5.41) is 2.28. The zero-order valence-electron chi connectivity index (χ0n) is 14.2. The zero-order chi connectivity index (χ0) is 17.0. The summed E-state index contributed by atoms with van der Waals surface area (Å²) in [6.45, 7) is 4.38. The van der Waals surface area contributed by atoms with Crippen LogP contribution in [0.3, 0.4) is 0 Å². The quantitative estimate of drug-likeness (QED) is 0.387. The highest BCUT2D eigenvalue weighted by Crippen LogP contribution is 2.37. The molecule has 25 heavy (non-hydrogen) atoms. The lowest BCUT2D eigenvalue weighted by atomic mass is 10.1. The molecule has 0 aliphatic rings. The van der Waals surface area contributed by atoms with E-state index in [9.17, 15) is 0 Å². The first-order valence-electron chi connectivity index (χ1n) is 8.61. The molecule has 0 aliphatic carbocycles. The molecule has 0 amide bonds. The highest BCUT2D eigenvalue weighted by atomic mass is 16.3. The Hall–Kier alpha value is -3.07. The third kappa shape index (κ3) is 2.02. The third-order valence-electron chi connectivity index (χ3n) is 4.76. The van der Waals surface area contributed by atoms with Crippen molar-refractivity contribution in [2.24, 2.45) is 0 Å². The van der Waals surface area contributed by atoms with E-state index in [1.54, 1.807) is 0 Å². The van der Waals surface area contributed by atoms with Gasteiger partial charge in [-0.1, -0.05) is 42.5 Å². The van der Waals surface area contributed by atoms with Crippen molar-refractivity contribution < 1.29 is 4.42 Å². The van der Waals surface area contributed by atoms with E-state index in [1.165, 1.54) is 0 Å². The summed E-state index contributed by atoms with van der Waals surface area (Å²) < 4.78 is 8.50. The standard InChI is InChI=1S/C22H18N2O/c1-14(2)24-19-12-5-4-11-18(19)23-22(24)17-10-7-9-16-15-8-3-6-13-20(15)25-21(16)17/h3-14H,1-2H3. The van der Waals surface area contributed by atoms with E-state index >= 15 is 0 Å². The largest absolute Gasteiger partial charge is 0.455 e. The molecule has 0 unspecified atom stereocenters. The van der Waals surface area contributed by atoms with Gasteiger partial charge in [-0.2, -0.15) is 0 Å². The van der Waals surface area contributed by atoms with Crippen molar-refractivity contribution in [3.8, 4) is 11.4 Å². The van der Waals surface area contributed by atoms with Crippen molar-refractivity contribution in [1.82, 2.24) is 9.55 Å². The topological polar surface area (TPSA) is 31.0 Å². The Balaban J connectivity index is 1.90. The molecule has 2 aromatic heterocycles. The molecule has 3 aromatic carbocycles. The van der Waals surface area contributed by atoms with E-state index in [1.807, 2.05) is 24.3 Å². The fourth-order valence-electron chi connectivity index (χ4n) is 3.68. The summed E-state index contributed by atoms with van der Waals surface area (Å²) in [7, 11) is 0. The van der Waals surface area contributed by atoms with Gasteiger partial charge in [0.05, 0.1) is 16.6 Å². The van der Waals surface area contributed by atoms with Crippen LogP contribution in [0.5, 0.6) is 0 Å². The Kier molecular flexibility index (Phi) is 2.98. The summed E-state index contributed by atoms with van der Waals surface area (Å²) in [4.78, 5) is 4.93. The highest BCUT2D eigenvalue weighted by Gasteiger charge is 2.19. The minimum atomic E-state index is 0.307. The molecular weight excluding hydrogens is 308 g/mol. The number of fused-ring (bicyclic) bond motifs is 4. The van der Waals surface area contributed by atoms with Gasteiger partial charge in [-0.15, -0.1) is 0 Å². The van der Waals surface area contributed by atoms with E-state index < -0.39 is 0 Å². The molecule has 0 fully saturated rings. The van der Waals surface area contributed by atoms with Crippen LogP contribution < -0.4 is 0 Å².